The van der Waals surface area contributed by atoms with Crippen LogP contribution < -0.4 is 15.1 Å². The van der Waals surface area contributed by atoms with Gasteiger partial charge in [-0.1, -0.05) is 17.7 Å². The van der Waals surface area contributed by atoms with Crippen LogP contribution in [-0.4, -0.2) is 53.5 Å². The molecule has 2 aliphatic heterocycles. The van der Waals surface area contributed by atoms with Crippen molar-refractivity contribution in [3.05, 3.63) is 52.8 Å². The van der Waals surface area contributed by atoms with Gasteiger partial charge >= 0.3 is 6.18 Å². The summed E-state index contributed by atoms with van der Waals surface area (Å²) < 4.78 is 44.5. The van der Waals surface area contributed by atoms with Gasteiger partial charge in [-0.3, -0.25) is 5.43 Å². The maximum Gasteiger partial charge on any atom is 0.416 e. The molecule has 1 aromatic carbocycles. The zero-order valence-corrected chi connectivity index (χ0v) is 17.9. The molecule has 4 rings (SSSR count). The third-order valence-corrected chi connectivity index (χ3v) is 5.64. The highest BCUT2D eigenvalue weighted by molar-refractivity contribution is 7.80. The molecule has 31 heavy (non-hydrogen) atoms. The number of benzene rings is 1. The predicted octanol–water partition coefficient (Wildman–Crippen LogP) is 3.94. The Morgan fingerprint density at radius 3 is 2.71 bits per heavy atom. The van der Waals surface area contributed by atoms with Crippen LogP contribution in [0.15, 0.2) is 41.6 Å². The van der Waals surface area contributed by atoms with Crippen molar-refractivity contribution in [1.29, 1.82) is 0 Å². The average molecular weight is 470 g/mol. The van der Waals surface area contributed by atoms with Gasteiger partial charge in [0.15, 0.2) is 5.11 Å². The number of aromatic nitrogens is 1. The van der Waals surface area contributed by atoms with Gasteiger partial charge in [0.05, 0.1) is 22.9 Å². The van der Waals surface area contributed by atoms with E-state index >= 15 is 0 Å². The van der Waals surface area contributed by atoms with Gasteiger partial charge in [0.25, 0.3) is 0 Å². The summed E-state index contributed by atoms with van der Waals surface area (Å²) in [5, 5.41) is 5.35. The lowest BCUT2D eigenvalue weighted by Gasteiger charge is -2.37. The Hall–Kier alpha value is -2.59. The molecule has 1 saturated heterocycles. The second-order valence-corrected chi connectivity index (χ2v) is 7.92. The molecule has 6 nitrogen and oxygen atoms in total. The molecule has 11 heteroatoms. The van der Waals surface area contributed by atoms with E-state index in [0.717, 1.165) is 11.8 Å². The van der Waals surface area contributed by atoms with E-state index in [1.54, 1.807) is 12.1 Å². The summed E-state index contributed by atoms with van der Waals surface area (Å²) in [6.07, 6.45) is -2.23. The third-order valence-electron chi connectivity index (χ3n) is 5.08. The predicted molar refractivity (Wildman–Crippen MR) is 117 cm³/mol. The molecule has 3 heterocycles. The van der Waals surface area contributed by atoms with Gasteiger partial charge in [0.1, 0.15) is 11.4 Å². The Labute approximate surface area is 187 Å². The van der Waals surface area contributed by atoms with E-state index in [4.69, 9.17) is 28.6 Å². The van der Waals surface area contributed by atoms with Gasteiger partial charge < -0.3 is 14.5 Å². The molecular weight excluding hydrogens is 451 g/mol. The lowest BCUT2D eigenvalue weighted by atomic mass is 10.1. The van der Waals surface area contributed by atoms with Crippen LogP contribution >= 0.6 is 23.8 Å². The summed E-state index contributed by atoms with van der Waals surface area (Å²) in [6.45, 7) is 2.71. The van der Waals surface area contributed by atoms with Crippen LogP contribution in [0.2, 0.25) is 5.02 Å². The van der Waals surface area contributed by atoms with Crippen molar-refractivity contribution in [2.75, 3.05) is 37.7 Å². The Morgan fingerprint density at radius 1 is 1.19 bits per heavy atom. The number of hydrogen-bond donors (Lipinski definition) is 1. The number of anilines is 1. The molecule has 2 aliphatic rings. The normalized spacial score (nSPS) is 17.9. The summed E-state index contributed by atoms with van der Waals surface area (Å²) in [5.41, 5.74) is 4.17. The largest absolute Gasteiger partial charge is 0.491 e. The van der Waals surface area contributed by atoms with Gasteiger partial charge in [-0.2, -0.15) is 18.3 Å². The van der Waals surface area contributed by atoms with Gasteiger partial charge in [0.2, 0.25) is 0 Å². The first-order valence-corrected chi connectivity index (χ1v) is 10.4. The number of alkyl halides is 3. The van der Waals surface area contributed by atoms with E-state index in [0.29, 0.717) is 66.5 Å². The maximum absolute atomic E-state index is 13.0. The third kappa shape index (κ3) is 5.01. The van der Waals surface area contributed by atoms with Crippen molar-refractivity contribution in [2.45, 2.75) is 12.6 Å². The molecule has 0 aliphatic carbocycles. The molecule has 0 unspecified atom stereocenters. The van der Waals surface area contributed by atoms with Crippen LogP contribution in [0.5, 0.6) is 5.75 Å². The maximum atomic E-state index is 13.0. The number of rotatable bonds is 2. The van der Waals surface area contributed by atoms with E-state index in [1.165, 1.54) is 18.3 Å². The zero-order valence-electron chi connectivity index (χ0n) is 16.3. The highest BCUT2D eigenvalue weighted by atomic mass is 35.5. The number of piperazine rings is 1. The van der Waals surface area contributed by atoms with Gasteiger partial charge in [-0.05, 0) is 30.4 Å². The van der Waals surface area contributed by atoms with Crippen molar-refractivity contribution in [1.82, 2.24) is 15.3 Å². The van der Waals surface area contributed by atoms with E-state index in [9.17, 15) is 13.2 Å². The minimum absolute atomic E-state index is 0.457. The Balaban J connectivity index is 1.36. The second-order valence-electron chi connectivity index (χ2n) is 7.10. The molecule has 1 aromatic heterocycles. The molecule has 0 saturated carbocycles. The number of halogens is 4. The highest BCUT2D eigenvalue weighted by Crippen LogP contribution is 2.32. The van der Waals surface area contributed by atoms with E-state index in [2.05, 4.69) is 15.5 Å². The number of ether oxygens (including phenoxy) is 1. The lowest BCUT2D eigenvalue weighted by Crippen LogP contribution is -2.51. The Kier molecular flexibility index (Phi) is 6.19. The molecule has 0 amide bonds. The van der Waals surface area contributed by atoms with Crippen molar-refractivity contribution < 1.29 is 17.9 Å². The van der Waals surface area contributed by atoms with Gasteiger partial charge in [-0.25, -0.2) is 4.98 Å². The first-order valence-electron chi connectivity index (χ1n) is 9.63. The van der Waals surface area contributed by atoms with Crippen molar-refractivity contribution in [3.8, 4) is 5.75 Å². The van der Waals surface area contributed by atoms with Crippen molar-refractivity contribution in [3.63, 3.8) is 0 Å². The minimum atomic E-state index is -4.36. The fourth-order valence-corrected chi connectivity index (χ4v) is 3.84. The first kappa shape index (κ1) is 21.6. The molecule has 164 valence electrons. The fraction of sp³-hybridized carbons (Fsp3) is 0.350. The fourth-order valence-electron chi connectivity index (χ4n) is 3.47. The topological polar surface area (TPSA) is 53.0 Å². The quantitative estimate of drug-likeness (QED) is 0.531. The molecule has 2 aromatic rings. The van der Waals surface area contributed by atoms with Gasteiger partial charge in [-0.15, -0.1) is 0 Å². The standard InChI is InChI=1S/C20H19ClF3N5OS/c21-14-11-17-18(25-12-14)16(4-9-30-17)26-27-19(31)29-7-5-28(6-8-29)15-3-1-2-13(10-15)20(22,23)24/h1-3,10-12H,4-9H2,(H,27,31)/b26-16-. The summed E-state index contributed by atoms with van der Waals surface area (Å²) >= 11 is 11.4. The van der Waals surface area contributed by atoms with Crippen LogP contribution in [0, 0.1) is 0 Å². The molecule has 1 N–H and O–H groups in total. The number of nitrogens with one attached hydrogen (secondary N) is 1. The van der Waals surface area contributed by atoms with E-state index in [1.807, 2.05) is 9.80 Å². The summed E-state index contributed by atoms with van der Waals surface area (Å²) in [6, 6.07) is 7.08. The number of fused-ring (bicyclic) bond motifs is 1. The summed E-state index contributed by atoms with van der Waals surface area (Å²) in [5.74, 6) is 0.583. The Morgan fingerprint density at radius 2 is 1.97 bits per heavy atom. The minimum Gasteiger partial charge on any atom is -0.491 e. The van der Waals surface area contributed by atoms with Crippen LogP contribution in [0.25, 0.3) is 0 Å². The summed E-state index contributed by atoms with van der Waals surface area (Å²) in [7, 11) is 0. The zero-order chi connectivity index (χ0) is 22.0. The molecule has 0 bridgehead atoms. The van der Waals surface area contributed by atoms with Crippen LogP contribution in [0.3, 0.4) is 0 Å². The summed E-state index contributed by atoms with van der Waals surface area (Å²) in [4.78, 5) is 8.15. The van der Waals surface area contributed by atoms with Crippen molar-refractivity contribution in [2.24, 2.45) is 5.10 Å². The smallest absolute Gasteiger partial charge is 0.416 e. The molecule has 0 radical (unpaired) electrons. The Bertz CT molecular complexity index is 1010. The number of nitrogens with zero attached hydrogens (tertiary/aromatic N) is 4. The molecular formula is C20H19ClF3N5OS. The van der Waals surface area contributed by atoms with Crippen LogP contribution in [0.4, 0.5) is 18.9 Å². The number of pyridine rings is 1. The number of hydrazone groups is 1. The first-order chi connectivity index (χ1) is 14.8. The SMILES string of the molecule is FC(F)(F)c1cccc(N2CCN(C(=S)N/N=C3/CCOc4cc(Cl)cnc43)CC2)c1. The van der Waals surface area contributed by atoms with E-state index < -0.39 is 11.7 Å². The molecule has 1 fully saturated rings. The second kappa shape index (κ2) is 8.88. The number of hydrogen-bond acceptors (Lipinski definition) is 5. The van der Waals surface area contributed by atoms with Crippen molar-refractivity contribution >= 4 is 40.3 Å². The van der Waals surface area contributed by atoms with E-state index in [-0.39, 0.29) is 0 Å². The highest BCUT2D eigenvalue weighted by Gasteiger charge is 2.31. The molecule has 0 atom stereocenters. The monoisotopic (exact) mass is 469 g/mol. The molecule has 0 spiro atoms. The number of thiocarbonyl (C=S) groups is 1. The average Bonchev–Trinajstić information content (AvgIpc) is 2.77. The van der Waals surface area contributed by atoms with Crippen LogP contribution in [0.1, 0.15) is 17.7 Å². The lowest BCUT2D eigenvalue weighted by molar-refractivity contribution is -0.137. The van der Waals surface area contributed by atoms with Crippen LogP contribution in [-0.2, 0) is 6.18 Å². The van der Waals surface area contributed by atoms with Gasteiger partial charge in [0, 0.05) is 50.6 Å².